The normalized spacial score (nSPS) is 11.3. The molecule has 0 amide bonds. The van der Waals surface area contributed by atoms with Crippen LogP contribution in [0.4, 0.5) is 34.1 Å². The predicted molar refractivity (Wildman–Crippen MR) is 226 cm³/mol. The van der Waals surface area contributed by atoms with Gasteiger partial charge >= 0.3 is 0 Å². The van der Waals surface area contributed by atoms with Crippen molar-refractivity contribution in [3.05, 3.63) is 182 Å². The fourth-order valence-corrected chi connectivity index (χ4v) is 7.33. The zero-order valence-corrected chi connectivity index (χ0v) is 30.7. The molecule has 0 spiro atoms. The van der Waals surface area contributed by atoms with E-state index in [0.29, 0.717) is 12.5 Å². The van der Waals surface area contributed by atoms with Gasteiger partial charge in [-0.05, 0) is 89.8 Å². The molecule has 2 heterocycles. The minimum Gasteiger partial charge on any atom is -0.311 e. The van der Waals surface area contributed by atoms with E-state index in [9.17, 15) is 0 Å². The van der Waals surface area contributed by atoms with E-state index in [2.05, 4.69) is 169 Å². The first-order chi connectivity index (χ1) is 27.1. The second-order valence-electron chi connectivity index (χ2n) is 14.0. The Labute approximate surface area is 320 Å². The molecule has 0 bridgehead atoms. The second-order valence-corrected chi connectivity index (χ2v) is 14.0. The Balaban J connectivity index is 1.19. The van der Waals surface area contributed by atoms with Crippen LogP contribution in [0.25, 0.3) is 44.3 Å². The summed E-state index contributed by atoms with van der Waals surface area (Å²) in [4.78, 5) is 16.3. The van der Waals surface area contributed by atoms with Crippen LogP contribution in [0.15, 0.2) is 182 Å². The molecule has 0 aliphatic heterocycles. The number of anilines is 6. The van der Waals surface area contributed by atoms with Crippen LogP contribution in [0.3, 0.4) is 0 Å². The summed E-state index contributed by atoms with van der Waals surface area (Å²) in [6.45, 7) is 5.06. The molecule has 2 aromatic heterocycles. The van der Waals surface area contributed by atoms with Gasteiger partial charge in [-0.2, -0.15) is 15.0 Å². The summed E-state index contributed by atoms with van der Waals surface area (Å²) in [6, 6.07) is 59.1. The number of benzene rings is 7. The first-order valence-corrected chi connectivity index (χ1v) is 18.7. The van der Waals surface area contributed by atoms with Gasteiger partial charge in [0.1, 0.15) is 11.0 Å². The van der Waals surface area contributed by atoms with Crippen molar-refractivity contribution in [1.82, 2.24) is 25.0 Å². The molecule has 0 aliphatic carbocycles. The Morgan fingerprint density at radius 3 is 1.02 bits per heavy atom. The van der Waals surface area contributed by atoms with Crippen LogP contribution >= 0.6 is 0 Å². The van der Waals surface area contributed by atoms with Crippen molar-refractivity contribution >= 4 is 56.2 Å². The summed E-state index contributed by atoms with van der Waals surface area (Å²) in [5.74, 6) is 0.363. The number of nitrogens with zero attached hydrogens (tertiary/aromatic N) is 7. The summed E-state index contributed by atoms with van der Waals surface area (Å²) >= 11 is 0. The lowest BCUT2D eigenvalue weighted by molar-refractivity contribution is 0.442. The molecule has 9 rings (SSSR count). The van der Waals surface area contributed by atoms with Gasteiger partial charge in [-0.3, -0.25) is 9.97 Å². The third-order valence-corrected chi connectivity index (χ3v) is 9.71. The van der Waals surface area contributed by atoms with Crippen molar-refractivity contribution in [1.29, 1.82) is 0 Å². The largest absolute Gasteiger partial charge is 0.311 e. The van der Waals surface area contributed by atoms with Crippen molar-refractivity contribution in [3.8, 4) is 22.3 Å². The van der Waals surface area contributed by atoms with Crippen molar-refractivity contribution < 1.29 is 0 Å². The van der Waals surface area contributed by atoms with E-state index in [4.69, 9.17) is 20.2 Å². The van der Waals surface area contributed by atoms with E-state index in [-0.39, 0.29) is 0 Å². The van der Waals surface area contributed by atoms with Gasteiger partial charge in [0.25, 0.3) is 0 Å². The molecule has 0 saturated heterocycles. The molecule has 9 aromatic rings. The molecular formula is C48H39N7. The smallest absolute Gasteiger partial charge is 0.124 e. The first kappa shape index (κ1) is 33.7. The number of hydrogen-bond donors (Lipinski definition) is 0. The van der Waals surface area contributed by atoms with Gasteiger partial charge < -0.3 is 9.80 Å². The molecule has 0 radical (unpaired) electrons. The Bertz CT molecular complexity index is 2420. The van der Waals surface area contributed by atoms with Crippen molar-refractivity contribution in [3.63, 3.8) is 0 Å². The van der Waals surface area contributed by atoms with E-state index in [1.165, 1.54) is 0 Å². The first-order valence-electron chi connectivity index (χ1n) is 18.7. The molecule has 0 fully saturated rings. The SMILES string of the molecule is CC(C)Cn1nc2c(-c3ccc(N(c4ccccc4)c4ccccc4)cc3)c3nccnc3c(-c3ccc(N(c4ccccc4)c4ccccc4)cc3)c2n1. The summed E-state index contributed by atoms with van der Waals surface area (Å²) in [6.07, 6.45) is 3.53. The van der Waals surface area contributed by atoms with Crippen LogP contribution in [-0.2, 0) is 6.54 Å². The van der Waals surface area contributed by atoms with Crippen molar-refractivity contribution in [2.75, 3.05) is 9.80 Å². The molecule has 0 unspecified atom stereocenters. The predicted octanol–water partition coefficient (Wildman–Crippen LogP) is 12.3. The standard InChI is InChI=1S/C48H39N7/c1-34(2)33-53-51-47-43(35-23-27-41(28-24-35)54(37-15-7-3-8-16-37)38-17-9-4-10-18-38)45-46(50-32-31-49-45)44(48(47)52-53)36-25-29-42(30-26-36)55(39-19-11-5-12-20-39)40-21-13-6-14-22-40/h3-32,34H,33H2,1-2H3. The van der Waals surface area contributed by atoms with Gasteiger partial charge in [-0.1, -0.05) is 111 Å². The van der Waals surface area contributed by atoms with Gasteiger partial charge in [0.15, 0.2) is 0 Å². The van der Waals surface area contributed by atoms with Crippen LogP contribution in [0, 0.1) is 5.92 Å². The van der Waals surface area contributed by atoms with Crippen LogP contribution in [0.5, 0.6) is 0 Å². The van der Waals surface area contributed by atoms with Gasteiger partial charge in [-0.25, -0.2) is 0 Å². The second kappa shape index (κ2) is 14.7. The lowest BCUT2D eigenvalue weighted by Gasteiger charge is -2.25. The number of aromatic nitrogens is 5. The maximum atomic E-state index is 5.16. The van der Waals surface area contributed by atoms with E-state index in [0.717, 1.165) is 78.4 Å². The zero-order chi connectivity index (χ0) is 37.1. The van der Waals surface area contributed by atoms with Crippen molar-refractivity contribution in [2.45, 2.75) is 20.4 Å². The fraction of sp³-hybridized carbons (Fsp3) is 0.0833. The number of hydrogen-bond acceptors (Lipinski definition) is 6. The van der Waals surface area contributed by atoms with E-state index < -0.39 is 0 Å². The van der Waals surface area contributed by atoms with E-state index in [1.807, 2.05) is 29.1 Å². The molecule has 0 aliphatic rings. The van der Waals surface area contributed by atoms with Crippen LogP contribution < -0.4 is 9.80 Å². The van der Waals surface area contributed by atoms with Gasteiger partial charge in [0.2, 0.25) is 0 Å². The van der Waals surface area contributed by atoms with Crippen LogP contribution in [-0.4, -0.2) is 25.0 Å². The molecule has 0 atom stereocenters. The summed E-state index contributed by atoms with van der Waals surface area (Å²) in [7, 11) is 0. The molecule has 0 saturated carbocycles. The van der Waals surface area contributed by atoms with E-state index in [1.54, 1.807) is 12.4 Å². The summed E-state index contributed by atoms with van der Waals surface area (Å²) in [5, 5.41) is 10.3. The lowest BCUT2D eigenvalue weighted by atomic mass is 9.94. The average Bonchev–Trinajstić information content (AvgIpc) is 3.64. The Morgan fingerprint density at radius 1 is 0.400 bits per heavy atom. The fourth-order valence-electron chi connectivity index (χ4n) is 7.33. The average molecular weight is 714 g/mol. The van der Waals surface area contributed by atoms with Crippen LogP contribution in [0.1, 0.15) is 13.8 Å². The minimum atomic E-state index is 0.363. The molecule has 7 heteroatoms. The molecule has 266 valence electrons. The van der Waals surface area contributed by atoms with Crippen LogP contribution in [0.2, 0.25) is 0 Å². The zero-order valence-electron chi connectivity index (χ0n) is 30.7. The number of rotatable bonds is 10. The third kappa shape index (κ3) is 6.57. The topological polar surface area (TPSA) is 63.0 Å². The number of fused-ring (bicyclic) bond motifs is 2. The Morgan fingerprint density at radius 2 is 0.709 bits per heavy atom. The number of para-hydroxylation sites is 4. The highest BCUT2D eigenvalue weighted by Crippen LogP contribution is 2.43. The van der Waals surface area contributed by atoms with E-state index >= 15 is 0 Å². The monoisotopic (exact) mass is 713 g/mol. The van der Waals surface area contributed by atoms with Gasteiger partial charge in [-0.15, -0.1) is 0 Å². The Hall–Kier alpha value is -7.12. The van der Waals surface area contributed by atoms with Gasteiger partial charge in [0, 0.05) is 57.6 Å². The van der Waals surface area contributed by atoms with Crippen molar-refractivity contribution in [2.24, 2.45) is 5.92 Å². The minimum absolute atomic E-state index is 0.363. The molecule has 7 aromatic carbocycles. The summed E-state index contributed by atoms with van der Waals surface area (Å²) in [5.41, 5.74) is 13.5. The Kier molecular flexibility index (Phi) is 9.02. The molecular weight excluding hydrogens is 675 g/mol. The summed E-state index contributed by atoms with van der Waals surface area (Å²) < 4.78 is 0. The molecule has 0 N–H and O–H groups in total. The highest BCUT2D eigenvalue weighted by atomic mass is 15.5. The highest BCUT2D eigenvalue weighted by Gasteiger charge is 2.24. The maximum Gasteiger partial charge on any atom is 0.124 e. The highest BCUT2D eigenvalue weighted by molar-refractivity contribution is 6.16. The molecule has 55 heavy (non-hydrogen) atoms. The van der Waals surface area contributed by atoms with Gasteiger partial charge in [0.05, 0.1) is 17.6 Å². The third-order valence-electron chi connectivity index (χ3n) is 9.71. The molecule has 7 nitrogen and oxygen atoms in total. The maximum absolute atomic E-state index is 5.16. The lowest BCUT2D eigenvalue weighted by Crippen LogP contribution is -2.09. The quantitative estimate of drug-likeness (QED) is 0.141.